The standard InChI is InChI=1S/C23H19ClF3N3O4/c24-16-6-4-5-15(23(25,26)27)20(16)29-19(31)12-34-22(33)13-8-9-14-17(11-13)28-18-7-2-1-3-10-30(18)21(14)32/h4-6,8-9,11H,1-3,7,10,12H2,(H,29,31). The Morgan fingerprint density at radius 1 is 1.15 bits per heavy atom. The molecule has 0 saturated heterocycles. The Morgan fingerprint density at radius 3 is 2.71 bits per heavy atom. The van der Waals surface area contributed by atoms with Gasteiger partial charge in [-0.3, -0.25) is 14.2 Å². The molecule has 2 heterocycles. The predicted molar refractivity (Wildman–Crippen MR) is 119 cm³/mol. The number of para-hydroxylation sites is 1. The van der Waals surface area contributed by atoms with E-state index in [0.717, 1.165) is 31.4 Å². The minimum absolute atomic E-state index is 0.0551. The first-order valence-electron chi connectivity index (χ1n) is 10.5. The molecule has 7 nitrogen and oxygen atoms in total. The molecule has 11 heteroatoms. The average Bonchev–Trinajstić information content (AvgIpc) is 3.03. The number of benzene rings is 2. The van der Waals surface area contributed by atoms with Gasteiger partial charge in [-0.25, -0.2) is 9.78 Å². The summed E-state index contributed by atoms with van der Waals surface area (Å²) in [6, 6.07) is 7.34. The van der Waals surface area contributed by atoms with Crippen molar-refractivity contribution in [3.8, 4) is 0 Å². The summed E-state index contributed by atoms with van der Waals surface area (Å²) < 4.78 is 46.1. The van der Waals surface area contributed by atoms with Gasteiger partial charge in [0.2, 0.25) is 0 Å². The van der Waals surface area contributed by atoms with Crippen LogP contribution in [0.1, 0.15) is 41.0 Å². The SMILES string of the molecule is O=C(COC(=O)c1ccc2c(=O)n3c(nc2c1)CCCCC3)Nc1c(Cl)cccc1C(F)(F)F. The normalized spacial score (nSPS) is 13.8. The number of hydrogen-bond donors (Lipinski definition) is 1. The molecule has 4 rings (SSSR count). The topological polar surface area (TPSA) is 90.3 Å². The third-order valence-electron chi connectivity index (χ3n) is 5.47. The maximum absolute atomic E-state index is 13.2. The van der Waals surface area contributed by atoms with Crippen molar-refractivity contribution in [3.05, 3.63) is 68.7 Å². The summed E-state index contributed by atoms with van der Waals surface area (Å²) >= 11 is 5.81. The lowest BCUT2D eigenvalue weighted by Gasteiger charge is -2.15. The number of ether oxygens (including phenoxy) is 1. The fraction of sp³-hybridized carbons (Fsp3) is 0.304. The molecule has 34 heavy (non-hydrogen) atoms. The van der Waals surface area contributed by atoms with Gasteiger partial charge in [-0.1, -0.05) is 24.1 Å². The summed E-state index contributed by atoms with van der Waals surface area (Å²) in [5.41, 5.74) is -1.52. The largest absolute Gasteiger partial charge is 0.452 e. The monoisotopic (exact) mass is 493 g/mol. The molecule has 0 saturated carbocycles. The van der Waals surface area contributed by atoms with Crippen LogP contribution in [-0.4, -0.2) is 28.0 Å². The molecule has 1 amide bonds. The summed E-state index contributed by atoms with van der Waals surface area (Å²) in [5.74, 6) is -1.22. The van der Waals surface area contributed by atoms with E-state index >= 15 is 0 Å². The molecule has 0 aliphatic carbocycles. The number of amides is 1. The molecule has 1 aromatic heterocycles. The van der Waals surface area contributed by atoms with E-state index in [0.29, 0.717) is 29.7 Å². The summed E-state index contributed by atoms with van der Waals surface area (Å²) in [7, 11) is 0. The Bertz CT molecular complexity index is 1340. The summed E-state index contributed by atoms with van der Waals surface area (Å²) in [6.45, 7) is -0.239. The zero-order valence-electron chi connectivity index (χ0n) is 17.7. The molecule has 1 aliphatic heterocycles. The van der Waals surface area contributed by atoms with Crippen LogP contribution < -0.4 is 10.9 Å². The van der Waals surface area contributed by atoms with Gasteiger partial charge in [0.1, 0.15) is 5.82 Å². The quantitative estimate of drug-likeness (QED) is 0.537. The van der Waals surface area contributed by atoms with Gasteiger partial charge in [0.05, 0.1) is 32.7 Å². The highest BCUT2D eigenvalue weighted by molar-refractivity contribution is 6.34. The van der Waals surface area contributed by atoms with Gasteiger partial charge in [0, 0.05) is 13.0 Å². The number of nitrogens with zero attached hydrogens (tertiary/aromatic N) is 2. The maximum atomic E-state index is 13.2. The molecule has 1 N–H and O–H groups in total. The number of alkyl halides is 3. The smallest absolute Gasteiger partial charge is 0.418 e. The van der Waals surface area contributed by atoms with Crippen LogP contribution in [0.5, 0.6) is 0 Å². The van der Waals surface area contributed by atoms with Gasteiger partial charge < -0.3 is 10.1 Å². The van der Waals surface area contributed by atoms with Crippen LogP contribution >= 0.6 is 11.6 Å². The fourth-order valence-corrected chi connectivity index (χ4v) is 4.04. The highest BCUT2D eigenvalue weighted by atomic mass is 35.5. The second-order valence-corrected chi connectivity index (χ2v) is 8.22. The van der Waals surface area contributed by atoms with Crippen molar-refractivity contribution in [2.75, 3.05) is 11.9 Å². The summed E-state index contributed by atoms with van der Waals surface area (Å²) in [4.78, 5) is 41.9. The highest BCUT2D eigenvalue weighted by Crippen LogP contribution is 2.38. The van der Waals surface area contributed by atoms with Crippen molar-refractivity contribution in [2.45, 2.75) is 38.4 Å². The first kappa shape index (κ1) is 23.7. The van der Waals surface area contributed by atoms with Crippen LogP contribution in [0, 0.1) is 0 Å². The maximum Gasteiger partial charge on any atom is 0.418 e. The Labute approximate surface area is 196 Å². The van der Waals surface area contributed by atoms with Crippen molar-refractivity contribution in [2.24, 2.45) is 0 Å². The van der Waals surface area contributed by atoms with Crippen molar-refractivity contribution in [3.63, 3.8) is 0 Å². The number of rotatable bonds is 4. The third-order valence-corrected chi connectivity index (χ3v) is 5.78. The summed E-state index contributed by atoms with van der Waals surface area (Å²) in [6.07, 6.45) is -1.28. The number of aromatic nitrogens is 2. The highest BCUT2D eigenvalue weighted by Gasteiger charge is 2.34. The number of halogens is 4. The lowest BCUT2D eigenvalue weighted by Crippen LogP contribution is -2.25. The Morgan fingerprint density at radius 2 is 1.94 bits per heavy atom. The van der Waals surface area contributed by atoms with E-state index in [-0.39, 0.29) is 16.1 Å². The molecule has 2 aromatic carbocycles. The summed E-state index contributed by atoms with van der Waals surface area (Å²) in [5, 5.41) is 2.10. The Balaban J connectivity index is 1.49. The van der Waals surface area contributed by atoms with E-state index in [1.165, 1.54) is 24.3 Å². The molecule has 0 unspecified atom stereocenters. The van der Waals surface area contributed by atoms with E-state index in [2.05, 4.69) is 4.98 Å². The van der Waals surface area contributed by atoms with Gasteiger partial charge in [-0.15, -0.1) is 0 Å². The average molecular weight is 494 g/mol. The second-order valence-electron chi connectivity index (χ2n) is 7.81. The Hall–Kier alpha value is -3.40. The van der Waals surface area contributed by atoms with Crippen molar-refractivity contribution >= 4 is 40.1 Å². The van der Waals surface area contributed by atoms with E-state index in [1.54, 1.807) is 4.57 Å². The van der Waals surface area contributed by atoms with Crippen LogP contribution in [0.25, 0.3) is 10.9 Å². The first-order chi connectivity index (χ1) is 16.1. The van der Waals surface area contributed by atoms with Crippen LogP contribution in [-0.2, 0) is 28.7 Å². The molecule has 3 aromatic rings. The molecular formula is C23H19ClF3N3O4. The molecule has 0 radical (unpaired) electrons. The van der Waals surface area contributed by atoms with Crippen LogP contribution in [0.15, 0.2) is 41.2 Å². The molecule has 0 bridgehead atoms. The van der Waals surface area contributed by atoms with E-state index < -0.39 is 35.9 Å². The van der Waals surface area contributed by atoms with Gasteiger partial charge in [0.15, 0.2) is 6.61 Å². The molecule has 0 spiro atoms. The first-order valence-corrected chi connectivity index (χ1v) is 10.9. The molecule has 0 atom stereocenters. The van der Waals surface area contributed by atoms with Crippen molar-refractivity contribution in [1.29, 1.82) is 0 Å². The number of aryl methyl sites for hydroxylation is 1. The number of nitrogens with one attached hydrogen (secondary N) is 1. The molecular weight excluding hydrogens is 475 g/mol. The number of anilines is 1. The zero-order chi connectivity index (χ0) is 24.5. The number of fused-ring (bicyclic) bond motifs is 2. The number of esters is 1. The van der Waals surface area contributed by atoms with Gasteiger partial charge >= 0.3 is 12.1 Å². The van der Waals surface area contributed by atoms with Crippen LogP contribution in [0.2, 0.25) is 5.02 Å². The predicted octanol–water partition coefficient (Wildman–Crippen LogP) is 4.59. The minimum Gasteiger partial charge on any atom is -0.452 e. The fourth-order valence-electron chi connectivity index (χ4n) is 3.82. The van der Waals surface area contributed by atoms with E-state index in [9.17, 15) is 27.6 Å². The van der Waals surface area contributed by atoms with Crippen LogP contribution in [0.3, 0.4) is 0 Å². The lowest BCUT2D eigenvalue weighted by molar-refractivity contribution is -0.137. The third kappa shape index (κ3) is 4.91. The van der Waals surface area contributed by atoms with E-state index in [1.807, 2.05) is 5.32 Å². The number of carbonyl (C=O) groups is 2. The van der Waals surface area contributed by atoms with Crippen molar-refractivity contribution < 1.29 is 27.5 Å². The number of hydrogen-bond acceptors (Lipinski definition) is 5. The number of carbonyl (C=O) groups excluding carboxylic acids is 2. The van der Waals surface area contributed by atoms with E-state index in [4.69, 9.17) is 16.3 Å². The molecule has 1 aliphatic rings. The van der Waals surface area contributed by atoms with Gasteiger partial charge in [0.25, 0.3) is 11.5 Å². The van der Waals surface area contributed by atoms with Crippen LogP contribution in [0.4, 0.5) is 18.9 Å². The molecule has 0 fully saturated rings. The minimum atomic E-state index is -4.74. The van der Waals surface area contributed by atoms with Gasteiger partial charge in [-0.05, 0) is 43.2 Å². The molecule has 178 valence electrons. The Kier molecular flexibility index (Phi) is 6.60. The van der Waals surface area contributed by atoms with Crippen molar-refractivity contribution in [1.82, 2.24) is 9.55 Å². The lowest BCUT2D eigenvalue weighted by atomic mass is 10.1. The van der Waals surface area contributed by atoms with Gasteiger partial charge in [-0.2, -0.15) is 13.2 Å². The zero-order valence-corrected chi connectivity index (χ0v) is 18.5. The second kappa shape index (κ2) is 9.46.